The van der Waals surface area contributed by atoms with Crippen molar-refractivity contribution < 1.29 is 0 Å². The van der Waals surface area contributed by atoms with E-state index in [0.717, 1.165) is 19.6 Å². The van der Waals surface area contributed by atoms with E-state index in [1.807, 2.05) is 10.9 Å². The first kappa shape index (κ1) is 10.2. The number of nitrogens with two attached hydrogens (primary N) is 1. The van der Waals surface area contributed by atoms with Gasteiger partial charge in [0.15, 0.2) is 0 Å². The van der Waals surface area contributed by atoms with Crippen LogP contribution in [-0.4, -0.2) is 34.8 Å². The van der Waals surface area contributed by atoms with E-state index in [-0.39, 0.29) is 0 Å². The van der Waals surface area contributed by atoms with Crippen molar-refractivity contribution in [1.82, 2.24) is 14.7 Å². The molecule has 0 unspecified atom stereocenters. The molecule has 0 aromatic carbocycles. The topological polar surface area (TPSA) is 47.1 Å². The van der Waals surface area contributed by atoms with Gasteiger partial charge in [-0.1, -0.05) is 0 Å². The number of hydrogen-bond acceptors (Lipinski definition) is 3. The van der Waals surface area contributed by atoms with E-state index in [9.17, 15) is 0 Å². The fraction of sp³-hybridized carbons (Fsp3) is 0.667. The minimum atomic E-state index is 0.705. The first-order valence-electron chi connectivity index (χ1n) is 4.67. The van der Waals surface area contributed by atoms with Crippen LogP contribution in [0.25, 0.3) is 0 Å². The molecular weight excluding hydrogens is 164 g/mol. The summed E-state index contributed by atoms with van der Waals surface area (Å²) in [6, 6.07) is 2.05. The van der Waals surface area contributed by atoms with Gasteiger partial charge in [-0.05, 0) is 20.0 Å². The highest BCUT2D eigenvalue weighted by Crippen LogP contribution is 2.01. The summed E-state index contributed by atoms with van der Waals surface area (Å²) in [6.45, 7) is 5.58. The van der Waals surface area contributed by atoms with Crippen molar-refractivity contribution in [3.63, 3.8) is 0 Å². The molecule has 4 nitrogen and oxygen atoms in total. The fourth-order valence-corrected chi connectivity index (χ4v) is 1.36. The molecule has 13 heavy (non-hydrogen) atoms. The molecule has 1 heterocycles. The lowest BCUT2D eigenvalue weighted by atomic mass is 10.4. The van der Waals surface area contributed by atoms with Crippen LogP contribution in [0.5, 0.6) is 0 Å². The zero-order valence-corrected chi connectivity index (χ0v) is 8.40. The highest BCUT2D eigenvalue weighted by atomic mass is 15.3. The van der Waals surface area contributed by atoms with E-state index in [1.54, 1.807) is 0 Å². The van der Waals surface area contributed by atoms with Gasteiger partial charge in [-0.3, -0.25) is 9.58 Å². The molecule has 1 rings (SSSR count). The Morgan fingerprint density at radius 3 is 3.00 bits per heavy atom. The summed E-state index contributed by atoms with van der Waals surface area (Å²) in [4.78, 5) is 2.20. The van der Waals surface area contributed by atoms with Crippen molar-refractivity contribution in [2.45, 2.75) is 20.0 Å². The molecule has 0 bridgehead atoms. The third-order valence-electron chi connectivity index (χ3n) is 2.05. The normalized spacial score (nSPS) is 11.1. The number of aryl methyl sites for hydroxylation is 1. The number of hydrogen-bond donors (Lipinski definition) is 1. The Balaban J connectivity index is 2.52. The van der Waals surface area contributed by atoms with Gasteiger partial charge in [-0.25, -0.2) is 0 Å². The van der Waals surface area contributed by atoms with E-state index in [4.69, 9.17) is 5.73 Å². The van der Waals surface area contributed by atoms with Crippen LogP contribution in [0.1, 0.15) is 12.6 Å². The lowest BCUT2D eigenvalue weighted by Gasteiger charge is -2.15. The number of likely N-dealkylation sites (N-methyl/N-ethyl adjacent to an activating group) is 1. The maximum absolute atomic E-state index is 5.46. The van der Waals surface area contributed by atoms with Crippen LogP contribution in [0.15, 0.2) is 12.3 Å². The SMILES string of the molecule is CCn1nccc1CN(C)CCN. The molecule has 0 amide bonds. The molecule has 0 saturated heterocycles. The summed E-state index contributed by atoms with van der Waals surface area (Å²) in [5.74, 6) is 0. The first-order chi connectivity index (χ1) is 6.27. The number of rotatable bonds is 5. The highest BCUT2D eigenvalue weighted by molar-refractivity contribution is 4.99. The average Bonchev–Trinajstić information content (AvgIpc) is 2.52. The Hall–Kier alpha value is -0.870. The maximum atomic E-state index is 5.46. The van der Waals surface area contributed by atoms with Gasteiger partial charge in [0.05, 0.1) is 5.69 Å². The Labute approximate surface area is 79.3 Å². The lowest BCUT2D eigenvalue weighted by Crippen LogP contribution is -2.26. The zero-order valence-electron chi connectivity index (χ0n) is 8.40. The molecule has 0 aliphatic carbocycles. The van der Waals surface area contributed by atoms with E-state index >= 15 is 0 Å². The molecule has 74 valence electrons. The van der Waals surface area contributed by atoms with Crippen LogP contribution >= 0.6 is 0 Å². The summed E-state index contributed by atoms with van der Waals surface area (Å²) in [5.41, 5.74) is 6.71. The molecule has 1 aromatic rings. The van der Waals surface area contributed by atoms with Crippen molar-refractivity contribution in [2.75, 3.05) is 20.1 Å². The molecule has 1 aromatic heterocycles. The highest BCUT2D eigenvalue weighted by Gasteiger charge is 2.03. The second-order valence-corrected chi connectivity index (χ2v) is 3.16. The van der Waals surface area contributed by atoms with Gasteiger partial charge in [0, 0.05) is 32.4 Å². The van der Waals surface area contributed by atoms with Gasteiger partial charge in [-0.15, -0.1) is 0 Å². The summed E-state index contributed by atoms with van der Waals surface area (Å²) in [7, 11) is 2.07. The predicted octanol–water partition coefficient (Wildman–Crippen LogP) is 0.293. The van der Waals surface area contributed by atoms with Crippen molar-refractivity contribution in [1.29, 1.82) is 0 Å². The summed E-state index contributed by atoms with van der Waals surface area (Å²) in [5, 5.41) is 4.21. The number of aromatic nitrogens is 2. The van der Waals surface area contributed by atoms with Crippen LogP contribution < -0.4 is 5.73 Å². The molecule has 0 aliphatic rings. The number of nitrogens with zero attached hydrogens (tertiary/aromatic N) is 3. The standard InChI is InChI=1S/C9H18N4/c1-3-13-9(4-6-11-13)8-12(2)7-5-10/h4,6H,3,5,7-8,10H2,1-2H3. The Bertz CT molecular complexity index is 244. The van der Waals surface area contributed by atoms with E-state index < -0.39 is 0 Å². The minimum Gasteiger partial charge on any atom is -0.329 e. The largest absolute Gasteiger partial charge is 0.329 e. The van der Waals surface area contributed by atoms with Crippen LogP contribution in [0.3, 0.4) is 0 Å². The van der Waals surface area contributed by atoms with Crippen molar-refractivity contribution in [3.8, 4) is 0 Å². The Kier molecular flexibility index (Phi) is 3.92. The van der Waals surface area contributed by atoms with Crippen molar-refractivity contribution in [2.24, 2.45) is 5.73 Å². The van der Waals surface area contributed by atoms with Gasteiger partial charge in [0.1, 0.15) is 0 Å². The lowest BCUT2D eigenvalue weighted by molar-refractivity contribution is 0.324. The average molecular weight is 182 g/mol. The van der Waals surface area contributed by atoms with E-state index in [1.165, 1.54) is 5.69 Å². The van der Waals surface area contributed by atoms with Crippen molar-refractivity contribution >= 4 is 0 Å². The van der Waals surface area contributed by atoms with Crippen LogP contribution in [0.4, 0.5) is 0 Å². The third-order valence-corrected chi connectivity index (χ3v) is 2.05. The summed E-state index contributed by atoms with van der Waals surface area (Å²) < 4.78 is 2.01. The predicted molar refractivity (Wildman–Crippen MR) is 53.3 cm³/mol. The quantitative estimate of drug-likeness (QED) is 0.712. The van der Waals surface area contributed by atoms with E-state index in [2.05, 4.69) is 30.0 Å². The molecule has 0 fully saturated rings. The molecule has 0 radical (unpaired) electrons. The van der Waals surface area contributed by atoms with Crippen LogP contribution in [0.2, 0.25) is 0 Å². The first-order valence-corrected chi connectivity index (χ1v) is 4.67. The molecule has 0 spiro atoms. The maximum Gasteiger partial charge on any atom is 0.0524 e. The summed E-state index contributed by atoms with van der Waals surface area (Å²) >= 11 is 0. The van der Waals surface area contributed by atoms with Gasteiger partial charge < -0.3 is 5.73 Å². The molecular formula is C9H18N4. The van der Waals surface area contributed by atoms with Crippen LogP contribution in [-0.2, 0) is 13.1 Å². The smallest absolute Gasteiger partial charge is 0.0524 e. The second-order valence-electron chi connectivity index (χ2n) is 3.16. The van der Waals surface area contributed by atoms with Gasteiger partial charge in [0.25, 0.3) is 0 Å². The second kappa shape index (κ2) is 4.99. The van der Waals surface area contributed by atoms with Gasteiger partial charge in [0.2, 0.25) is 0 Å². The Morgan fingerprint density at radius 1 is 1.62 bits per heavy atom. The monoisotopic (exact) mass is 182 g/mol. The van der Waals surface area contributed by atoms with Gasteiger partial charge >= 0.3 is 0 Å². The van der Waals surface area contributed by atoms with Crippen LogP contribution in [0, 0.1) is 0 Å². The molecule has 0 saturated carbocycles. The molecule has 0 aliphatic heterocycles. The third kappa shape index (κ3) is 2.82. The van der Waals surface area contributed by atoms with Crippen molar-refractivity contribution in [3.05, 3.63) is 18.0 Å². The molecule has 0 atom stereocenters. The Morgan fingerprint density at radius 2 is 2.38 bits per heavy atom. The zero-order chi connectivity index (χ0) is 9.68. The molecule has 4 heteroatoms. The van der Waals surface area contributed by atoms with Gasteiger partial charge in [-0.2, -0.15) is 5.10 Å². The fourth-order valence-electron chi connectivity index (χ4n) is 1.36. The van der Waals surface area contributed by atoms with E-state index in [0.29, 0.717) is 6.54 Å². The molecule has 2 N–H and O–H groups in total. The minimum absolute atomic E-state index is 0.705. The summed E-state index contributed by atoms with van der Waals surface area (Å²) in [6.07, 6.45) is 1.84.